The van der Waals surface area contributed by atoms with E-state index in [1.165, 1.54) is 17.2 Å². The zero-order chi connectivity index (χ0) is 51.7. The number of hydrogen-bond donors (Lipinski definition) is 3. The van der Waals surface area contributed by atoms with Gasteiger partial charge >= 0.3 is 6.18 Å². The summed E-state index contributed by atoms with van der Waals surface area (Å²) in [6.07, 6.45) is 2.21. The highest BCUT2D eigenvalue weighted by Crippen LogP contribution is 2.65. The minimum atomic E-state index is -4.70. The van der Waals surface area contributed by atoms with E-state index < -0.39 is 52.6 Å². The molecule has 0 unspecified atom stereocenters. The van der Waals surface area contributed by atoms with Crippen molar-refractivity contribution in [1.29, 1.82) is 0 Å². The number of aromatic nitrogens is 1. The van der Waals surface area contributed by atoms with Gasteiger partial charge in [0.25, 0.3) is 11.8 Å². The van der Waals surface area contributed by atoms with Crippen LogP contribution in [0.4, 0.5) is 28.9 Å². The van der Waals surface area contributed by atoms with E-state index in [1.54, 1.807) is 47.4 Å². The van der Waals surface area contributed by atoms with Crippen LogP contribution in [0, 0.1) is 34.4 Å². The largest absolute Gasteiger partial charge is 0.490 e. The number of piperidine rings is 2. The number of alkyl halides is 3. The Kier molecular flexibility index (Phi) is 11.3. The maximum Gasteiger partial charge on any atom is 0.433 e. The molecule has 7 heterocycles. The number of nitrogens with one attached hydrogen (secondary N) is 3. The van der Waals surface area contributed by atoms with Crippen molar-refractivity contribution in [3.63, 3.8) is 0 Å². The summed E-state index contributed by atoms with van der Waals surface area (Å²) in [5, 5.41) is 9.28. The van der Waals surface area contributed by atoms with Crippen molar-refractivity contribution < 1.29 is 46.3 Å². The van der Waals surface area contributed by atoms with E-state index >= 15 is 9.18 Å². The molecular weight excluding hydrogens is 978 g/mol. The molecule has 5 amide bonds. The molecule has 3 N–H and O–H groups in total. The zero-order valence-corrected chi connectivity index (χ0v) is 41.7. The maximum absolute atomic E-state index is 16.7. The van der Waals surface area contributed by atoms with Gasteiger partial charge in [0.15, 0.2) is 0 Å². The molecule has 18 heteroatoms. The van der Waals surface area contributed by atoms with Gasteiger partial charge in [0, 0.05) is 89.5 Å². The number of anilines is 2. The van der Waals surface area contributed by atoms with Crippen LogP contribution < -0.4 is 25.6 Å². The molecule has 1 aromatic heterocycles. The van der Waals surface area contributed by atoms with Crippen LogP contribution in [-0.4, -0.2) is 94.7 Å². The highest BCUT2D eigenvalue weighted by Gasteiger charge is 2.70. The Labute approximate surface area is 430 Å². The third-order valence-electron chi connectivity index (χ3n) is 17.7. The van der Waals surface area contributed by atoms with Crippen molar-refractivity contribution in [2.75, 3.05) is 43.0 Å². The van der Waals surface area contributed by atoms with Gasteiger partial charge in [0.2, 0.25) is 17.7 Å². The lowest BCUT2D eigenvalue weighted by molar-refractivity contribution is -0.141. The van der Waals surface area contributed by atoms with Gasteiger partial charge in [-0.1, -0.05) is 61.9 Å². The maximum atomic E-state index is 16.7. The molecular formula is C56H54ClF4N7O6. The number of imide groups is 1. The Balaban J connectivity index is 0.779. The van der Waals surface area contributed by atoms with Crippen LogP contribution in [0.15, 0.2) is 66.9 Å². The van der Waals surface area contributed by atoms with Crippen LogP contribution in [-0.2, 0) is 32.5 Å². The van der Waals surface area contributed by atoms with Crippen molar-refractivity contribution in [2.24, 2.45) is 16.7 Å². The minimum absolute atomic E-state index is 0.0278. The van der Waals surface area contributed by atoms with Crippen LogP contribution in [0.5, 0.6) is 5.75 Å². The molecule has 3 spiro atoms. The molecule has 8 aliphatic rings. The lowest BCUT2D eigenvalue weighted by atomic mass is 9.53. The van der Waals surface area contributed by atoms with Crippen LogP contribution in [0.1, 0.15) is 126 Å². The highest BCUT2D eigenvalue weighted by atomic mass is 35.5. The monoisotopic (exact) mass is 1030 g/mol. The summed E-state index contributed by atoms with van der Waals surface area (Å²) >= 11 is 6.50. The third kappa shape index (κ3) is 7.67. The summed E-state index contributed by atoms with van der Waals surface area (Å²) in [4.78, 5) is 76.4. The highest BCUT2D eigenvalue weighted by molar-refractivity contribution is 6.30. The Morgan fingerprint density at radius 1 is 0.973 bits per heavy atom. The predicted molar refractivity (Wildman–Crippen MR) is 265 cm³/mol. The smallest absolute Gasteiger partial charge is 0.433 e. The topological polar surface area (TPSA) is 153 Å². The second-order valence-electron chi connectivity index (χ2n) is 22.4. The number of halogens is 5. The molecule has 3 aromatic carbocycles. The van der Waals surface area contributed by atoms with Gasteiger partial charge in [-0.2, -0.15) is 13.2 Å². The molecule has 6 atom stereocenters. The number of fused-ring (bicyclic) bond motifs is 5. The van der Waals surface area contributed by atoms with Crippen molar-refractivity contribution >= 4 is 52.5 Å². The predicted octanol–water partition coefficient (Wildman–Crippen LogP) is 8.13. The van der Waals surface area contributed by atoms with Gasteiger partial charge in [-0.05, 0) is 109 Å². The fourth-order valence-electron chi connectivity index (χ4n) is 14.1. The van der Waals surface area contributed by atoms with E-state index in [0.717, 1.165) is 49.3 Å². The number of rotatable bonds is 4. The fourth-order valence-corrected chi connectivity index (χ4v) is 14.3. The number of pyridine rings is 1. The molecule has 12 rings (SSSR count). The first kappa shape index (κ1) is 48.4. The van der Waals surface area contributed by atoms with Crippen LogP contribution >= 0.6 is 11.6 Å². The van der Waals surface area contributed by atoms with Gasteiger partial charge < -0.3 is 24.8 Å². The van der Waals surface area contributed by atoms with Crippen LogP contribution in [0.2, 0.25) is 5.02 Å². The Bertz CT molecular complexity index is 3170. The first-order valence-corrected chi connectivity index (χ1v) is 25.9. The van der Waals surface area contributed by atoms with Gasteiger partial charge in [-0.25, -0.2) is 4.39 Å². The summed E-state index contributed by atoms with van der Waals surface area (Å²) in [7, 11) is 0. The number of benzene rings is 3. The first-order chi connectivity index (χ1) is 35.3. The molecule has 5 fully saturated rings. The third-order valence-corrected chi connectivity index (χ3v) is 18.0. The summed E-state index contributed by atoms with van der Waals surface area (Å²) in [6.45, 7) is 5.97. The molecule has 0 radical (unpaired) electrons. The van der Waals surface area contributed by atoms with Crippen molar-refractivity contribution in [3.8, 4) is 17.6 Å². The van der Waals surface area contributed by atoms with Gasteiger partial charge in [-0.3, -0.25) is 39.6 Å². The molecule has 0 bridgehead atoms. The van der Waals surface area contributed by atoms with Crippen molar-refractivity contribution in [2.45, 2.75) is 113 Å². The second-order valence-corrected chi connectivity index (χ2v) is 22.8. The number of likely N-dealkylation sites (tertiary alicyclic amines) is 1. The molecule has 384 valence electrons. The number of amides is 5. The summed E-state index contributed by atoms with van der Waals surface area (Å²) < 4.78 is 65.2. The normalized spacial score (nSPS) is 28.3. The van der Waals surface area contributed by atoms with E-state index in [2.05, 4.69) is 46.6 Å². The Hall–Kier alpha value is -6.51. The number of carbonyl (C=O) groups excluding carboxylic acids is 5. The lowest BCUT2D eigenvalue weighted by Crippen LogP contribution is -2.61. The Morgan fingerprint density at radius 2 is 1.77 bits per heavy atom. The summed E-state index contributed by atoms with van der Waals surface area (Å²) in [5.74, 6) is 4.06. The molecule has 2 aliphatic carbocycles. The van der Waals surface area contributed by atoms with E-state index in [0.29, 0.717) is 54.1 Å². The van der Waals surface area contributed by atoms with Gasteiger partial charge in [0.05, 0.1) is 23.3 Å². The lowest BCUT2D eigenvalue weighted by Gasteiger charge is -2.52. The van der Waals surface area contributed by atoms with Crippen LogP contribution in [0.25, 0.3) is 0 Å². The van der Waals surface area contributed by atoms with Gasteiger partial charge in [0.1, 0.15) is 29.9 Å². The zero-order valence-electron chi connectivity index (χ0n) is 40.9. The minimum Gasteiger partial charge on any atom is -0.490 e. The van der Waals surface area contributed by atoms with Crippen molar-refractivity contribution in [3.05, 3.63) is 117 Å². The average Bonchev–Trinajstić information content (AvgIpc) is 3.63. The molecule has 13 nitrogen and oxygen atoms in total. The fraction of sp³-hybridized carbons (Fsp3) is 0.464. The summed E-state index contributed by atoms with van der Waals surface area (Å²) in [5.41, 5.74) is 0.457. The number of carbonyl (C=O) groups is 5. The van der Waals surface area contributed by atoms with E-state index in [1.807, 2.05) is 11.0 Å². The molecule has 4 aromatic rings. The van der Waals surface area contributed by atoms with E-state index in [4.69, 9.17) is 16.3 Å². The van der Waals surface area contributed by atoms with Crippen molar-refractivity contribution in [1.82, 2.24) is 25.4 Å². The van der Waals surface area contributed by atoms with Crippen LogP contribution in [0.3, 0.4) is 0 Å². The van der Waals surface area contributed by atoms with E-state index in [9.17, 15) is 32.3 Å². The molecule has 2 saturated carbocycles. The Morgan fingerprint density at radius 3 is 2.54 bits per heavy atom. The quantitative estimate of drug-likeness (QED) is 0.105. The number of ether oxygens (including phenoxy) is 1. The molecule has 74 heavy (non-hydrogen) atoms. The summed E-state index contributed by atoms with van der Waals surface area (Å²) in [6, 6.07) is 14.4. The average molecular weight is 1030 g/mol. The standard InChI is InChI=1S/C56H54ClF4N7O6/c1-52(2)16-5-17-54(29-52)55(30-63-39-25-43(56(59,60)61)62-27-37(39)55)45(35-8-4-9-38(57)46(35)58)47(65-54)51(73)67-22-23-74-42-24-32(11-13-40(42)67)49(71)66-20-18-53(19-21-66)26-33(53)12-10-31-6-3-7-34-36(31)28-68(50(34)72)41-14-15-44(69)64-48(41)70/h3-4,6-9,11,13,24-25,27,33,41,45,47,63,65H,5,14-23,26,28-30H2,1-2H3,(H,64,69,70)/t33-,41+,45+,47-,54+,55-/m1/s1. The number of nitrogens with zero attached hydrogens (tertiary/aromatic N) is 4. The second kappa shape index (κ2) is 17.3. The first-order valence-electron chi connectivity index (χ1n) is 25.5. The van der Waals surface area contributed by atoms with Gasteiger partial charge in [-0.15, -0.1) is 0 Å². The van der Waals surface area contributed by atoms with E-state index in [-0.39, 0.29) is 95.7 Å². The molecule has 6 aliphatic heterocycles. The number of hydrogen-bond acceptors (Lipinski definition) is 9. The SMILES string of the molecule is CC1(C)CCC[C@@]2(C1)N[C@@H](C(=O)N1CCOc3cc(C(=O)N4CCC5(CC4)C[C@H]5C#Cc4cccc5c4CN([C@H]4CCC(=O)NC4=O)C5=O)ccc31)[C@H](c1cccc(Cl)c1F)[C@]21CNc2cc(C(F)(F)F)ncc21. The molecule has 3 saturated heterocycles.